The summed E-state index contributed by atoms with van der Waals surface area (Å²) in [4.78, 5) is 16.8. The molecular formula is C22H23F3N2O. The number of fused-ring (bicyclic) bond motifs is 1. The number of amides is 1. The molecule has 0 radical (unpaired) electrons. The summed E-state index contributed by atoms with van der Waals surface area (Å²) in [6.07, 6.45) is -3.03. The zero-order valence-corrected chi connectivity index (χ0v) is 15.7. The number of hydrogen-bond acceptors (Lipinski definition) is 2. The number of rotatable bonds is 4. The molecule has 3 nitrogen and oxygen atoms in total. The molecule has 2 heterocycles. The molecule has 0 spiro atoms. The second-order valence-electron chi connectivity index (χ2n) is 7.74. The first-order valence-corrected chi connectivity index (χ1v) is 9.57. The van der Waals surface area contributed by atoms with E-state index < -0.39 is 11.7 Å². The van der Waals surface area contributed by atoms with Crippen molar-refractivity contribution in [2.24, 2.45) is 0 Å². The molecule has 0 saturated carbocycles. The molecule has 4 rings (SSSR count). The van der Waals surface area contributed by atoms with E-state index in [1.807, 2.05) is 36.1 Å². The average molecular weight is 388 g/mol. The molecule has 0 unspecified atom stereocenters. The van der Waals surface area contributed by atoms with Gasteiger partial charge in [0.2, 0.25) is 5.91 Å². The Bertz CT molecular complexity index is 880. The van der Waals surface area contributed by atoms with Crippen LogP contribution >= 0.6 is 0 Å². The van der Waals surface area contributed by atoms with Crippen LogP contribution in [0.5, 0.6) is 0 Å². The number of carbonyl (C=O) groups excluding carboxylic acids is 1. The van der Waals surface area contributed by atoms with Crippen LogP contribution in [0.15, 0.2) is 48.5 Å². The van der Waals surface area contributed by atoms with Crippen molar-refractivity contribution in [2.45, 2.75) is 51.1 Å². The minimum absolute atomic E-state index is 0.0751. The van der Waals surface area contributed by atoms with E-state index in [-0.39, 0.29) is 18.0 Å². The summed E-state index contributed by atoms with van der Waals surface area (Å²) in [5.74, 6) is 0.131. The SMILES string of the molecule is Cc1ccccc1CN1C(=O)C[C@H]2[C@@H]1CCN2Cc1cccc(C(F)(F)F)c1. The van der Waals surface area contributed by atoms with Crippen LogP contribution in [0.1, 0.15) is 35.1 Å². The Labute approximate surface area is 162 Å². The van der Waals surface area contributed by atoms with E-state index in [4.69, 9.17) is 0 Å². The normalized spacial score (nSPS) is 22.7. The van der Waals surface area contributed by atoms with Crippen LogP contribution in [0.3, 0.4) is 0 Å². The van der Waals surface area contributed by atoms with Crippen molar-refractivity contribution in [2.75, 3.05) is 6.54 Å². The molecule has 148 valence electrons. The van der Waals surface area contributed by atoms with E-state index >= 15 is 0 Å². The highest BCUT2D eigenvalue weighted by Gasteiger charge is 2.46. The lowest BCUT2D eigenvalue weighted by atomic mass is 10.1. The quantitative estimate of drug-likeness (QED) is 0.776. The lowest BCUT2D eigenvalue weighted by Gasteiger charge is -2.26. The van der Waals surface area contributed by atoms with Crippen LogP contribution in [-0.2, 0) is 24.1 Å². The zero-order valence-electron chi connectivity index (χ0n) is 15.7. The van der Waals surface area contributed by atoms with Crippen LogP contribution in [-0.4, -0.2) is 34.3 Å². The topological polar surface area (TPSA) is 23.6 Å². The second kappa shape index (κ2) is 7.24. The van der Waals surface area contributed by atoms with Crippen molar-refractivity contribution in [3.63, 3.8) is 0 Å². The van der Waals surface area contributed by atoms with Crippen molar-refractivity contribution in [1.82, 2.24) is 9.80 Å². The fourth-order valence-corrected chi connectivity index (χ4v) is 4.46. The van der Waals surface area contributed by atoms with Crippen LogP contribution in [0.2, 0.25) is 0 Å². The number of nitrogens with zero attached hydrogens (tertiary/aromatic N) is 2. The molecule has 1 amide bonds. The van der Waals surface area contributed by atoms with E-state index in [0.29, 0.717) is 25.1 Å². The van der Waals surface area contributed by atoms with Gasteiger partial charge in [0.05, 0.1) is 5.56 Å². The second-order valence-corrected chi connectivity index (χ2v) is 7.74. The fraction of sp³-hybridized carbons (Fsp3) is 0.409. The summed E-state index contributed by atoms with van der Waals surface area (Å²) in [7, 11) is 0. The van der Waals surface area contributed by atoms with Crippen molar-refractivity contribution >= 4 is 5.91 Å². The molecule has 2 aromatic carbocycles. The predicted octanol–water partition coefficient (Wildman–Crippen LogP) is 4.39. The molecule has 2 aliphatic heterocycles. The van der Waals surface area contributed by atoms with E-state index in [9.17, 15) is 18.0 Å². The molecule has 0 N–H and O–H groups in total. The molecule has 28 heavy (non-hydrogen) atoms. The molecule has 2 saturated heterocycles. The van der Waals surface area contributed by atoms with Crippen molar-refractivity contribution < 1.29 is 18.0 Å². The molecule has 2 atom stereocenters. The van der Waals surface area contributed by atoms with Gasteiger partial charge in [0.1, 0.15) is 0 Å². The monoisotopic (exact) mass is 388 g/mol. The lowest BCUT2D eigenvalue weighted by Crippen LogP contribution is -2.36. The maximum absolute atomic E-state index is 13.0. The standard InChI is InChI=1S/C22H23F3N2O/c1-15-5-2-3-7-17(15)14-27-19-9-10-26(20(19)12-21(27)28)13-16-6-4-8-18(11-16)22(23,24)25/h2-8,11,19-20H,9-10,12-14H2,1H3/t19-,20-/m0/s1. The first kappa shape index (κ1) is 19.0. The van der Waals surface area contributed by atoms with Gasteiger partial charge in [-0.25, -0.2) is 0 Å². The first-order chi connectivity index (χ1) is 13.3. The van der Waals surface area contributed by atoms with Crippen LogP contribution in [0.4, 0.5) is 13.2 Å². The van der Waals surface area contributed by atoms with Gasteiger partial charge in [0, 0.05) is 38.1 Å². The number of carbonyl (C=O) groups is 1. The van der Waals surface area contributed by atoms with Gasteiger partial charge in [0.15, 0.2) is 0 Å². The van der Waals surface area contributed by atoms with Gasteiger partial charge in [-0.3, -0.25) is 9.69 Å². The first-order valence-electron chi connectivity index (χ1n) is 9.57. The Kier molecular flexibility index (Phi) is 4.91. The third-order valence-corrected chi connectivity index (χ3v) is 5.97. The van der Waals surface area contributed by atoms with Crippen LogP contribution in [0.25, 0.3) is 0 Å². The van der Waals surface area contributed by atoms with Gasteiger partial charge in [-0.05, 0) is 36.1 Å². The Morgan fingerprint density at radius 1 is 1.04 bits per heavy atom. The van der Waals surface area contributed by atoms with E-state index in [2.05, 4.69) is 4.90 Å². The smallest absolute Gasteiger partial charge is 0.334 e. The van der Waals surface area contributed by atoms with Crippen LogP contribution in [0, 0.1) is 6.92 Å². The van der Waals surface area contributed by atoms with Gasteiger partial charge in [-0.15, -0.1) is 0 Å². The van der Waals surface area contributed by atoms with Gasteiger partial charge < -0.3 is 4.90 Å². The fourth-order valence-electron chi connectivity index (χ4n) is 4.46. The Hall–Kier alpha value is -2.34. The largest absolute Gasteiger partial charge is 0.416 e. The van der Waals surface area contributed by atoms with Gasteiger partial charge in [0.25, 0.3) is 0 Å². The Balaban J connectivity index is 1.48. The molecular weight excluding hydrogens is 365 g/mol. The zero-order chi connectivity index (χ0) is 19.9. The predicted molar refractivity (Wildman–Crippen MR) is 100 cm³/mol. The van der Waals surface area contributed by atoms with Crippen molar-refractivity contribution in [1.29, 1.82) is 0 Å². The molecule has 0 aliphatic carbocycles. The summed E-state index contributed by atoms with van der Waals surface area (Å²) in [5, 5.41) is 0. The number of alkyl halides is 3. The number of aryl methyl sites for hydroxylation is 1. The highest BCUT2D eigenvalue weighted by molar-refractivity contribution is 5.80. The lowest BCUT2D eigenvalue weighted by molar-refractivity contribution is -0.137. The number of benzene rings is 2. The number of hydrogen-bond donors (Lipinski definition) is 0. The minimum atomic E-state index is -4.34. The Morgan fingerprint density at radius 3 is 2.57 bits per heavy atom. The molecule has 2 fully saturated rings. The van der Waals surface area contributed by atoms with E-state index in [0.717, 1.165) is 30.2 Å². The minimum Gasteiger partial charge on any atom is -0.334 e. The molecule has 2 aliphatic rings. The third kappa shape index (κ3) is 3.65. The summed E-state index contributed by atoms with van der Waals surface area (Å²) >= 11 is 0. The molecule has 2 aromatic rings. The van der Waals surface area contributed by atoms with E-state index in [1.54, 1.807) is 6.07 Å². The van der Waals surface area contributed by atoms with Crippen molar-refractivity contribution in [3.05, 3.63) is 70.8 Å². The maximum Gasteiger partial charge on any atom is 0.416 e. The summed E-state index contributed by atoms with van der Waals surface area (Å²) in [6.45, 7) is 3.88. The summed E-state index contributed by atoms with van der Waals surface area (Å²) in [5.41, 5.74) is 2.33. The van der Waals surface area contributed by atoms with Gasteiger partial charge in [-0.2, -0.15) is 13.2 Å². The van der Waals surface area contributed by atoms with Crippen molar-refractivity contribution in [3.8, 4) is 0 Å². The number of halogens is 3. The third-order valence-electron chi connectivity index (χ3n) is 5.97. The molecule has 0 aromatic heterocycles. The highest BCUT2D eigenvalue weighted by Crippen LogP contribution is 2.35. The molecule has 0 bridgehead atoms. The van der Waals surface area contributed by atoms with Gasteiger partial charge in [-0.1, -0.05) is 42.5 Å². The maximum atomic E-state index is 13.0. The Morgan fingerprint density at radius 2 is 1.82 bits per heavy atom. The van der Waals surface area contributed by atoms with Crippen LogP contribution < -0.4 is 0 Å². The van der Waals surface area contributed by atoms with Gasteiger partial charge >= 0.3 is 6.18 Å². The molecule has 6 heteroatoms. The average Bonchev–Trinajstić information content (AvgIpc) is 3.16. The van der Waals surface area contributed by atoms with E-state index in [1.165, 1.54) is 12.1 Å². The highest BCUT2D eigenvalue weighted by atomic mass is 19.4. The summed E-state index contributed by atoms with van der Waals surface area (Å²) in [6, 6.07) is 13.8. The summed E-state index contributed by atoms with van der Waals surface area (Å²) < 4.78 is 38.9. The number of likely N-dealkylation sites (tertiary alicyclic amines) is 2.